The van der Waals surface area contributed by atoms with Crippen molar-refractivity contribution in [2.75, 3.05) is 34.9 Å². The van der Waals surface area contributed by atoms with E-state index >= 15 is 0 Å². The molecule has 200 valence electrons. The Labute approximate surface area is 216 Å². The van der Waals surface area contributed by atoms with Crippen LogP contribution in [0, 0.1) is 11.6 Å². The zero-order valence-electron chi connectivity index (χ0n) is 21.4. The average Bonchev–Trinajstić information content (AvgIpc) is 2.84. The van der Waals surface area contributed by atoms with Crippen molar-refractivity contribution in [1.29, 1.82) is 0 Å². The van der Waals surface area contributed by atoms with Crippen LogP contribution < -0.4 is 15.2 Å². The molecule has 3 rings (SSSR count). The lowest BCUT2D eigenvalue weighted by atomic mass is 9.79. The number of ether oxygens (including phenoxy) is 2. The van der Waals surface area contributed by atoms with E-state index in [1.807, 2.05) is 0 Å². The number of methoxy groups -OCH3 is 2. The van der Waals surface area contributed by atoms with Gasteiger partial charge in [0.25, 0.3) is 0 Å². The van der Waals surface area contributed by atoms with Crippen LogP contribution in [0.25, 0.3) is 0 Å². The van der Waals surface area contributed by atoms with Crippen LogP contribution in [0.2, 0.25) is 0 Å². The Kier molecular flexibility index (Phi) is 8.28. The number of nitrogens with two attached hydrogens (primary N) is 1. The molecule has 0 saturated heterocycles. The summed E-state index contributed by atoms with van der Waals surface area (Å²) in [4.78, 5) is 13.8. The summed E-state index contributed by atoms with van der Waals surface area (Å²) >= 11 is 0. The molecule has 11 heteroatoms. The molecule has 2 aromatic rings. The topological polar surface area (TPSA) is 102 Å². The van der Waals surface area contributed by atoms with E-state index in [4.69, 9.17) is 15.2 Å². The lowest BCUT2D eigenvalue weighted by Gasteiger charge is -2.44. The molecule has 1 atom stereocenters. The summed E-state index contributed by atoms with van der Waals surface area (Å²) in [5, 5.41) is 0. The number of carbonyl (C=O) groups excluding carboxylic acids is 1. The number of allylic oxidation sites excluding steroid dienone is 2. The third kappa shape index (κ3) is 5.62. The van der Waals surface area contributed by atoms with E-state index in [0.29, 0.717) is 11.3 Å². The molecule has 1 unspecified atom stereocenters. The summed E-state index contributed by atoms with van der Waals surface area (Å²) in [6.45, 7) is 0.959. The fourth-order valence-electron chi connectivity index (χ4n) is 4.37. The van der Waals surface area contributed by atoms with Gasteiger partial charge < -0.3 is 20.1 Å². The summed E-state index contributed by atoms with van der Waals surface area (Å²) in [6, 6.07) is 7.60. The Bertz CT molecular complexity index is 1340. The largest absolute Gasteiger partial charge is 0.493 e. The molecule has 2 N–H and O–H groups in total. The van der Waals surface area contributed by atoms with E-state index in [1.165, 1.54) is 38.5 Å². The smallest absolute Gasteiger partial charge is 0.244 e. The van der Waals surface area contributed by atoms with Gasteiger partial charge in [0.15, 0.2) is 11.5 Å². The van der Waals surface area contributed by atoms with Gasteiger partial charge in [-0.25, -0.2) is 17.2 Å². The van der Waals surface area contributed by atoms with Gasteiger partial charge >= 0.3 is 0 Å². The molecule has 8 nitrogen and oxygen atoms in total. The Hall–Kier alpha value is -3.44. The molecule has 2 aromatic carbocycles. The number of amides is 1. The van der Waals surface area contributed by atoms with Crippen LogP contribution >= 0.6 is 0 Å². The van der Waals surface area contributed by atoms with Gasteiger partial charge in [-0.05, 0) is 42.8 Å². The molecule has 0 spiro atoms. The number of nitrogens with zero attached hydrogens (tertiary/aromatic N) is 2. The number of sulfonamides is 1. The average molecular weight is 536 g/mol. The molecule has 0 fully saturated rings. The van der Waals surface area contributed by atoms with Crippen molar-refractivity contribution in [2.45, 2.75) is 30.2 Å². The second-order valence-electron chi connectivity index (χ2n) is 9.07. The fourth-order valence-corrected chi connectivity index (χ4v) is 6.13. The normalized spacial score (nSPS) is 17.7. The van der Waals surface area contributed by atoms with Gasteiger partial charge in [-0.15, -0.1) is 0 Å². The Morgan fingerprint density at radius 2 is 1.68 bits per heavy atom. The summed E-state index contributed by atoms with van der Waals surface area (Å²) in [6.07, 6.45) is 3.31. The number of rotatable bonds is 10. The van der Waals surface area contributed by atoms with Crippen LogP contribution in [0.4, 0.5) is 8.78 Å². The van der Waals surface area contributed by atoms with E-state index in [2.05, 4.69) is 0 Å². The van der Waals surface area contributed by atoms with Crippen molar-refractivity contribution in [3.63, 3.8) is 0 Å². The Morgan fingerprint density at radius 1 is 1.05 bits per heavy atom. The van der Waals surface area contributed by atoms with Gasteiger partial charge in [-0.3, -0.25) is 4.79 Å². The third-order valence-corrected chi connectivity index (χ3v) is 8.45. The van der Waals surface area contributed by atoms with Gasteiger partial charge in [-0.2, -0.15) is 4.31 Å². The van der Waals surface area contributed by atoms with Crippen LogP contribution in [0.1, 0.15) is 18.9 Å². The molecule has 0 bridgehead atoms. The van der Waals surface area contributed by atoms with Crippen molar-refractivity contribution in [1.82, 2.24) is 9.21 Å². The van der Waals surface area contributed by atoms with Gasteiger partial charge in [0, 0.05) is 44.3 Å². The monoisotopic (exact) mass is 535 g/mol. The minimum atomic E-state index is -4.38. The lowest BCUT2D eigenvalue weighted by molar-refractivity contribution is -0.118. The number of halogens is 2. The highest BCUT2D eigenvalue weighted by atomic mass is 32.2. The van der Waals surface area contributed by atoms with E-state index in [0.717, 1.165) is 22.1 Å². The maximum Gasteiger partial charge on any atom is 0.244 e. The molecular weight excluding hydrogens is 504 g/mol. The molecule has 0 radical (unpaired) electrons. The Morgan fingerprint density at radius 3 is 2.22 bits per heavy atom. The SMILES string of the molecule is COc1ccc(S(=O)(=O)N(CC(N)=O)C2(C)CC(N(C)C)=CC=C2Cc2c(F)cccc2F)cc1OC. The number of carbonyl (C=O) groups is 1. The van der Waals surface area contributed by atoms with Crippen molar-refractivity contribution < 1.29 is 31.5 Å². The standard InChI is InChI=1S/C26H31F2N3O5S/c1-26(15-18(30(2)3)10-9-17(26)13-20-21(27)7-6-8-22(20)28)31(16-25(29)32)37(33,34)19-11-12-23(35-4)24(14-19)36-5/h6-12,14H,13,15-16H2,1-5H3,(H2,29,32). The first-order valence-electron chi connectivity index (χ1n) is 11.4. The fraction of sp³-hybridized carbons (Fsp3) is 0.346. The second-order valence-corrected chi connectivity index (χ2v) is 10.9. The highest BCUT2D eigenvalue weighted by Crippen LogP contribution is 2.41. The van der Waals surface area contributed by atoms with Gasteiger partial charge in [-0.1, -0.05) is 12.1 Å². The minimum absolute atomic E-state index is 0.127. The zero-order valence-corrected chi connectivity index (χ0v) is 22.2. The molecule has 0 saturated carbocycles. The number of benzene rings is 2. The second kappa shape index (κ2) is 10.9. The highest BCUT2D eigenvalue weighted by molar-refractivity contribution is 7.89. The maximum atomic E-state index is 14.6. The maximum absolute atomic E-state index is 14.6. The lowest BCUT2D eigenvalue weighted by Crippen LogP contribution is -2.55. The van der Waals surface area contributed by atoms with Crippen LogP contribution in [0.3, 0.4) is 0 Å². The zero-order chi connectivity index (χ0) is 27.5. The third-order valence-electron chi connectivity index (χ3n) is 6.49. The highest BCUT2D eigenvalue weighted by Gasteiger charge is 2.46. The summed E-state index contributed by atoms with van der Waals surface area (Å²) in [5.74, 6) is -1.90. The molecule has 37 heavy (non-hydrogen) atoms. The molecule has 0 aromatic heterocycles. The molecule has 0 aliphatic heterocycles. The first-order chi connectivity index (χ1) is 17.3. The van der Waals surface area contributed by atoms with Gasteiger partial charge in [0.2, 0.25) is 15.9 Å². The van der Waals surface area contributed by atoms with E-state index < -0.39 is 39.6 Å². The predicted octanol–water partition coefficient (Wildman–Crippen LogP) is 3.24. The van der Waals surface area contributed by atoms with Crippen LogP contribution in [0.5, 0.6) is 11.5 Å². The molecule has 1 aliphatic rings. The quantitative estimate of drug-likeness (QED) is 0.501. The first-order valence-corrected chi connectivity index (χ1v) is 12.8. The van der Waals surface area contributed by atoms with Crippen molar-refractivity contribution in [3.05, 3.63) is 77.0 Å². The van der Waals surface area contributed by atoms with Gasteiger partial charge in [0.1, 0.15) is 11.6 Å². The molecule has 1 aliphatic carbocycles. The van der Waals surface area contributed by atoms with Crippen LogP contribution in [-0.4, -0.2) is 63.9 Å². The van der Waals surface area contributed by atoms with E-state index in [-0.39, 0.29) is 29.1 Å². The van der Waals surface area contributed by atoms with Crippen LogP contribution in [-0.2, 0) is 21.2 Å². The van der Waals surface area contributed by atoms with E-state index in [1.54, 1.807) is 38.1 Å². The molecule has 1 amide bonds. The van der Waals surface area contributed by atoms with Crippen molar-refractivity contribution in [2.24, 2.45) is 5.73 Å². The number of primary amides is 1. The number of hydrogen-bond acceptors (Lipinski definition) is 6. The first kappa shape index (κ1) is 28.1. The number of hydrogen-bond donors (Lipinski definition) is 1. The van der Waals surface area contributed by atoms with Crippen molar-refractivity contribution >= 4 is 15.9 Å². The van der Waals surface area contributed by atoms with Crippen LogP contribution in [0.15, 0.2) is 64.7 Å². The minimum Gasteiger partial charge on any atom is -0.493 e. The van der Waals surface area contributed by atoms with Gasteiger partial charge in [0.05, 0.1) is 31.2 Å². The van der Waals surface area contributed by atoms with Crippen molar-refractivity contribution in [3.8, 4) is 11.5 Å². The summed E-state index contributed by atoms with van der Waals surface area (Å²) in [7, 11) is 2.00. The Balaban J connectivity index is 2.21. The summed E-state index contributed by atoms with van der Waals surface area (Å²) in [5.41, 5.74) is 5.06. The van der Waals surface area contributed by atoms with E-state index in [9.17, 15) is 22.0 Å². The summed E-state index contributed by atoms with van der Waals surface area (Å²) < 4.78 is 68.8. The predicted molar refractivity (Wildman–Crippen MR) is 136 cm³/mol. The molecule has 0 heterocycles. The molecular formula is C26H31F2N3O5S.